The van der Waals surface area contributed by atoms with Crippen molar-refractivity contribution in [3.63, 3.8) is 0 Å². The predicted octanol–water partition coefficient (Wildman–Crippen LogP) is 2.26. The van der Waals surface area contributed by atoms with Crippen molar-refractivity contribution in [2.45, 2.75) is 26.1 Å². The van der Waals surface area contributed by atoms with Crippen molar-refractivity contribution in [3.8, 4) is 0 Å². The van der Waals surface area contributed by atoms with E-state index < -0.39 is 30.2 Å². The van der Waals surface area contributed by atoms with Crippen molar-refractivity contribution in [1.29, 1.82) is 0 Å². The van der Waals surface area contributed by atoms with Gasteiger partial charge in [-0.1, -0.05) is 19.4 Å². The van der Waals surface area contributed by atoms with E-state index >= 15 is 0 Å². The van der Waals surface area contributed by atoms with E-state index in [2.05, 4.69) is 0 Å². The molecule has 0 heterocycles. The molecule has 162 valence electrons. The lowest BCUT2D eigenvalue weighted by Gasteiger charge is -1.95. The lowest BCUT2D eigenvalue weighted by atomic mass is 10.1. The fourth-order valence-electron chi connectivity index (χ4n) is 1.80. The third-order valence-corrected chi connectivity index (χ3v) is 3.28. The van der Waals surface area contributed by atoms with Crippen molar-refractivity contribution in [3.05, 3.63) is 70.8 Å². The van der Waals surface area contributed by atoms with Gasteiger partial charge in [-0.15, -0.1) is 0 Å². The van der Waals surface area contributed by atoms with Crippen LogP contribution in [0.2, 0.25) is 0 Å². The van der Waals surface area contributed by atoms with Crippen LogP contribution in [0.15, 0.2) is 48.5 Å². The summed E-state index contributed by atoms with van der Waals surface area (Å²) in [6.07, 6.45) is 0.215. The highest BCUT2D eigenvalue weighted by atomic mass is 16.5. The highest BCUT2D eigenvalue weighted by Gasteiger charge is 2.07. The molecule has 10 nitrogen and oxygen atoms in total. The maximum Gasteiger partial charge on any atom is 0.335 e. The summed E-state index contributed by atoms with van der Waals surface area (Å²) in [5.74, 6) is -4.38. The second-order valence-corrected chi connectivity index (χ2v) is 5.65. The molecule has 0 amide bonds. The van der Waals surface area contributed by atoms with Gasteiger partial charge in [0.15, 0.2) is 6.29 Å². The fourth-order valence-corrected chi connectivity index (χ4v) is 1.80. The first kappa shape index (κ1) is 26.2. The summed E-state index contributed by atoms with van der Waals surface area (Å²) in [6, 6.07) is 10.2. The molecule has 2 aromatic rings. The normalized spacial score (nSPS) is 9.47. The molecule has 6 N–H and O–H groups in total. The molecular weight excluding hydrogens is 400 g/mol. The summed E-state index contributed by atoms with van der Waals surface area (Å²) in [4.78, 5) is 41.4. The molecule has 30 heavy (non-hydrogen) atoms. The SMILES string of the molecule is CCCC(O)O.O=C(O)c1ccc(C(=O)O)cc1.O=C(O)c1cccc(C(=O)O)c1. The quantitative estimate of drug-likeness (QED) is 0.376. The Hall–Kier alpha value is -3.76. The van der Waals surface area contributed by atoms with E-state index in [1.165, 1.54) is 42.5 Å². The number of carboxylic acids is 4. The summed E-state index contributed by atoms with van der Waals surface area (Å²) >= 11 is 0. The second-order valence-electron chi connectivity index (χ2n) is 5.65. The first-order valence-corrected chi connectivity index (χ1v) is 8.49. The molecule has 0 aliphatic heterocycles. The number of hydrogen-bond donors (Lipinski definition) is 6. The highest BCUT2D eigenvalue weighted by Crippen LogP contribution is 2.05. The summed E-state index contributed by atoms with van der Waals surface area (Å²) in [5, 5.41) is 50.1. The van der Waals surface area contributed by atoms with Crippen LogP contribution in [0.5, 0.6) is 0 Å². The monoisotopic (exact) mass is 422 g/mol. The van der Waals surface area contributed by atoms with E-state index in [9.17, 15) is 19.2 Å². The van der Waals surface area contributed by atoms with Crippen LogP contribution in [0.3, 0.4) is 0 Å². The minimum Gasteiger partial charge on any atom is -0.478 e. The zero-order valence-corrected chi connectivity index (χ0v) is 15.9. The Morgan fingerprint density at radius 3 is 1.20 bits per heavy atom. The van der Waals surface area contributed by atoms with E-state index in [0.29, 0.717) is 6.42 Å². The second kappa shape index (κ2) is 13.4. The molecule has 0 aliphatic carbocycles. The van der Waals surface area contributed by atoms with Crippen molar-refractivity contribution >= 4 is 23.9 Å². The summed E-state index contributed by atoms with van der Waals surface area (Å²) in [7, 11) is 0. The van der Waals surface area contributed by atoms with Gasteiger partial charge in [-0.05, 0) is 48.9 Å². The molecule has 0 saturated heterocycles. The third kappa shape index (κ3) is 10.5. The molecule has 2 aromatic carbocycles. The molecule has 0 fully saturated rings. The van der Waals surface area contributed by atoms with Gasteiger partial charge in [0.2, 0.25) is 0 Å². The summed E-state index contributed by atoms with van der Waals surface area (Å²) in [5.41, 5.74) is 0.129. The number of benzene rings is 2. The van der Waals surface area contributed by atoms with Gasteiger partial charge in [-0.2, -0.15) is 0 Å². The van der Waals surface area contributed by atoms with Crippen molar-refractivity contribution in [2.75, 3.05) is 0 Å². The van der Waals surface area contributed by atoms with Crippen LogP contribution < -0.4 is 0 Å². The van der Waals surface area contributed by atoms with Crippen LogP contribution in [-0.4, -0.2) is 60.8 Å². The van der Waals surface area contributed by atoms with Gasteiger partial charge in [0.1, 0.15) is 0 Å². The molecule has 10 heteroatoms. The fraction of sp³-hybridized carbons (Fsp3) is 0.200. The van der Waals surface area contributed by atoms with Crippen LogP contribution in [0.1, 0.15) is 61.2 Å². The van der Waals surface area contributed by atoms with Gasteiger partial charge < -0.3 is 30.6 Å². The minimum absolute atomic E-state index is 0.0186. The Morgan fingerprint density at radius 2 is 1.00 bits per heavy atom. The summed E-state index contributed by atoms with van der Waals surface area (Å²) < 4.78 is 0. The molecular formula is C20H22O10. The smallest absolute Gasteiger partial charge is 0.335 e. The summed E-state index contributed by atoms with van der Waals surface area (Å²) in [6.45, 7) is 1.90. The topological polar surface area (TPSA) is 190 Å². The largest absolute Gasteiger partial charge is 0.478 e. The average molecular weight is 422 g/mol. The van der Waals surface area contributed by atoms with Crippen molar-refractivity contribution in [2.24, 2.45) is 0 Å². The number of rotatable bonds is 6. The maximum absolute atomic E-state index is 10.4. The molecule has 0 radical (unpaired) electrons. The number of aromatic carboxylic acids is 4. The Bertz CT molecular complexity index is 794. The lowest BCUT2D eigenvalue weighted by molar-refractivity contribution is -0.0454. The van der Waals surface area contributed by atoms with E-state index in [1.54, 1.807) is 0 Å². The number of hydrogen-bond acceptors (Lipinski definition) is 6. The van der Waals surface area contributed by atoms with Crippen LogP contribution in [-0.2, 0) is 0 Å². The van der Waals surface area contributed by atoms with E-state index in [0.717, 1.165) is 12.5 Å². The maximum atomic E-state index is 10.4. The van der Waals surface area contributed by atoms with E-state index in [1.807, 2.05) is 6.92 Å². The number of carbonyl (C=O) groups is 4. The molecule has 0 aliphatic rings. The van der Waals surface area contributed by atoms with Crippen molar-refractivity contribution < 1.29 is 49.8 Å². The number of carboxylic acid groups (broad SMARTS) is 4. The zero-order chi connectivity index (χ0) is 23.3. The lowest BCUT2D eigenvalue weighted by Crippen LogP contribution is -2.01. The third-order valence-electron chi connectivity index (χ3n) is 3.28. The van der Waals surface area contributed by atoms with E-state index in [-0.39, 0.29) is 22.3 Å². The van der Waals surface area contributed by atoms with Gasteiger partial charge >= 0.3 is 23.9 Å². The first-order valence-electron chi connectivity index (χ1n) is 8.49. The zero-order valence-electron chi connectivity index (χ0n) is 15.9. The molecule has 0 bridgehead atoms. The minimum atomic E-state index is -1.13. The van der Waals surface area contributed by atoms with Gasteiger partial charge in [0.05, 0.1) is 22.3 Å². The average Bonchev–Trinajstić information content (AvgIpc) is 2.69. The molecule has 0 aromatic heterocycles. The van der Waals surface area contributed by atoms with E-state index in [4.69, 9.17) is 30.6 Å². The molecule has 0 saturated carbocycles. The molecule has 0 atom stereocenters. The highest BCUT2D eigenvalue weighted by molar-refractivity contribution is 5.93. The Morgan fingerprint density at radius 1 is 0.667 bits per heavy atom. The van der Waals surface area contributed by atoms with Gasteiger partial charge in [-0.25, -0.2) is 19.2 Å². The van der Waals surface area contributed by atoms with Gasteiger partial charge in [0.25, 0.3) is 0 Å². The van der Waals surface area contributed by atoms with Crippen LogP contribution in [0.25, 0.3) is 0 Å². The molecule has 2 rings (SSSR count). The van der Waals surface area contributed by atoms with Crippen LogP contribution in [0, 0.1) is 0 Å². The predicted molar refractivity (Wildman–Crippen MR) is 104 cm³/mol. The van der Waals surface area contributed by atoms with Crippen LogP contribution in [0.4, 0.5) is 0 Å². The van der Waals surface area contributed by atoms with Gasteiger partial charge in [0, 0.05) is 0 Å². The number of aliphatic hydroxyl groups is 2. The molecule has 0 unspecified atom stereocenters. The van der Waals surface area contributed by atoms with Crippen LogP contribution >= 0.6 is 0 Å². The Balaban J connectivity index is 0.000000447. The van der Waals surface area contributed by atoms with Crippen molar-refractivity contribution in [1.82, 2.24) is 0 Å². The Kier molecular flexibility index (Phi) is 11.7. The Labute approximate surface area is 171 Å². The van der Waals surface area contributed by atoms with Gasteiger partial charge in [-0.3, -0.25) is 0 Å². The number of aliphatic hydroxyl groups excluding tert-OH is 1. The molecule has 0 spiro atoms. The first-order chi connectivity index (χ1) is 14.0. The standard InChI is InChI=1S/2C8H6O4.C4H10O2/c9-7(10)5-1-2-6(4-3-5)8(11)12;9-7(10)5-2-1-3-6(4-5)8(11)12;1-2-3-4(5)6/h2*1-4H,(H,9,10)(H,11,12);4-6H,2-3H2,1H3.